The molecule has 24 heavy (non-hydrogen) atoms. The summed E-state index contributed by atoms with van der Waals surface area (Å²) in [6.45, 7) is 4.41. The number of nitrogens with zero attached hydrogens (tertiary/aromatic N) is 3. The SMILES string of the molecule is CCC1CCCCN1C(=O)NCc1cccc(Cn2ccnc2)c1. The van der Waals surface area contributed by atoms with Gasteiger partial charge in [-0.15, -0.1) is 0 Å². The van der Waals surface area contributed by atoms with E-state index in [1.165, 1.54) is 12.0 Å². The fourth-order valence-corrected chi connectivity index (χ4v) is 3.40. The van der Waals surface area contributed by atoms with E-state index in [1.807, 2.05) is 28.1 Å². The predicted octanol–water partition coefficient (Wildman–Crippen LogP) is 3.41. The third kappa shape index (κ3) is 4.16. The van der Waals surface area contributed by atoms with Crippen LogP contribution in [0.1, 0.15) is 43.7 Å². The normalized spacial score (nSPS) is 17.7. The molecule has 1 aliphatic rings. The summed E-state index contributed by atoms with van der Waals surface area (Å²) in [4.78, 5) is 18.6. The molecule has 0 radical (unpaired) electrons. The van der Waals surface area contributed by atoms with Crippen LogP contribution in [0.25, 0.3) is 0 Å². The Morgan fingerprint density at radius 2 is 2.21 bits per heavy atom. The lowest BCUT2D eigenvalue weighted by molar-refractivity contribution is 0.148. The van der Waals surface area contributed by atoms with E-state index >= 15 is 0 Å². The van der Waals surface area contributed by atoms with Gasteiger partial charge in [0.1, 0.15) is 0 Å². The highest BCUT2D eigenvalue weighted by Gasteiger charge is 2.24. The summed E-state index contributed by atoms with van der Waals surface area (Å²) in [6, 6.07) is 8.82. The van der Waals surface area contributed by atoms with Crippen molar-refractivity contribution >= 4 is 6.03 Å². The number of urea groups is 1. The second kappa shape index (κ2) is 7.99. The Morgan fingerprint density at radius 1 is 1.33 bits per heavy atom. The molecule has 5 heteroatoms. The van der Waals surface area contributed by atoms with Crippen molar-refractivity contribution < 1.29 is 4.79 Å². The van der Waals surface area contributed by atoms with Crippen LogP contribution < -0.4 is 5.32 Å². The number of benzene rings is 1. The van der Waals surface area contributed by atoms with Crippen molar-refractivity contribution in [1.29, 1.82) is 0 Å². The van der Waals surface area contributed by atoms with Gasteiger partial charge >= 0.3 is 6.03 Å². The van der Waals surface area contributed by atoms with Crippen molar-refractivity contribution in [3.63, 3.8) is 0 Å². The molecule has 1 unspecified atom stereocenters. The minimum absolute atomic E-state index is 0.0709. The Hall–Kier alpha value is -2.30. The van der Waals surface area contributed by atoms with Gasteiger partial charge < -0.3 is 14.8 Å². The molecule has 1 aliphatic heterocycles. The van der Waals surface area contributed by atoms with E-state index in [0.717, 1.165) is 37.9 Å². The van der Waals surface area contributed by atoms with Crippen molar-refractivity contribution in [2.24, 2.45) is 0 Å². The molecule has 1 N–H and O–H groups in total. The average Bonchev–Trinajstić information content (AvgIpc) is 3.13. The number of rotatable bonds is 5. The molecular formula is C19H26N4O. The Kier molecular flexibility index (Phi) is 5.51. The van der Waals surface area contributed by atoms with E-state index in [-0.39, 0.29) is 6.03 Å². The molecule has 0 saturated carbocycles. The molecule has 5 nitrogen and oxygen atoms in total. The van der Waals surface area contributed by atoms with Gasteiger partial charge in [0, 0.05) is 38.1 Å². The molecule has 1 aromatic heterocycles. The maximum absolute atomic E-state index is 12.5. The molecule has 2 aromatic rings. The van der Waals surface area contributed by atoms with E-state index in [4.69, 9.17) is 0 Å². The minimum atomic E-state index is 0.0709. The van der Waals surface area contributed by atoms with Crippen molar-refractivity contribution in [2.75, 3.05) is 6.54 Å². The topological polar surface area (TPSA) is 50.2 Å². The summed E-state index contributed by atoms with van der Waals surface area (Å²) in [5.74, 6) is 0. The summed E-state index contributed by atoms with van der Waals surface area (Å²) in [6.07, 6.45) is 10.1. The van der Waals surface area contributed by atoms with E-state index in [0.29, 0.717) is 12.6 Å². The second-order valence-corrected chi connectivity index (χ2v) is 6.46. The number of hydrogen-bond donors (Lipinski definition) is 1. The highest BCUT2D eigenvalue weighted by molar-refractivity contribution is 5.74. The van der Waals surface area contributed by atoms with Gasteiger partial charge in [0.25, 0.3) is 0 Å². The lowest BCUT2D eigenvalue weighted by Crippen LogP contribution is -2.48. The number of amides is 2. The van der Waals surface area contributed by atoms with Crippen molar-refractivity contribution in [3.05, 3.63) is 54.1 Å². The molecule has 1 aromatic carbocycles. The molecule has 1 fully saturated rings. The van der Waals surface area contributed by atoms with Crippen LogP contribution in [-0.2, 0) is 13.1 Å². The zero-order valence-corrected chi connectivity index (χ0v) is 14.3. The fourth-order valence-electron chi connectivity index (χ4n) is 3.40. The molecule has 2 heterocycles. The third-order valence-corrected chi connectivity index (χ3v) is 4.72. The van der Waals surface area contributed by atoms with Crippen LogP contribution in [0.3, 0.4) is 0 Å². The lowest BCUT2D eigenvalue weighted by Gasteiger charge is -2.35. The molecule has 2 amide bonds. The Labute approximate surface area is 143 Å². The van der Waals surface area contributed by atoms with Crippen molar-refractivity contribution in [3.8, 4) is 0 Å². The quantitative estimate of drug-likeness (QED) is 0.915. The van der Waals surface area contributed by atoms with E-state index in [1.54, 1.807) is 6.20 Å². The summed E-state index contributed by atoms with van der Waals surface area (Å²) in [5, 5.41) is 3.09. The number of hydrogen-bond acceptors (Lipinski definition) is 2. The monoisotopic (exact) mass is 326 g/mol. The maximum Gasteiger partial charge on any atom is 0.317 e. The van der Waals surface area contributed by atoms with Crippen molar-refractivity contribution in [2.45, 2.75) is 51.7 Å². The second-order valence-electron chi connectivity index (χ2n) is 6.46. The molecule has 0 aliphatic carbocycles. The van der Waals surface area contributed by atoms with E-state index < -0.39 is 0 Å². The predicted molar refractivity (Wildman–Crippen MR) is 94.6 cm³/mol. The molecule has 0 spiro atoms. The largest absolute Gasteiger partial charge is 0.334 e. The number of aromatic nitrogens is 2. The summed E-state index contributed by atoms with van der Waals surface area (Å²) in [7, 11) is 0. The number of piperidine rings is 1. The highest BCUT2D eigenvalue weighted by atomic mass is 16.2. The van der Waals surface area contributed by atoms with Gasteiger partial charge in [-0.1, -0.05) is 31.2 Å². The molecule has 128 valence electrons. The first-order valence-corrected chi connectivity index (χ1v) is 8.84. The lowest BCUT2D eigenvalue weighted by atomic mass is 10.0. The first-order chi connectivity index (χ1) is 11.8. The van der Waals surface area contributed by atoms with Crippen LogP contribution in [0.2, 0.25) is 0 Å². The maximum atomic E-state index is 12.5. The zero-order valence-electron chi connectivity index (χ0n) is 14.3. The summed E-state index contributed by atoms with van der Waals surface area (Å²) < 4.78 is 2.04. The molecule has 1 saturated heterocycles. The van der Waals surface area contributed by atoms with Crippen LogP contribution >= 0.6 is 0 Å². The number of likely N-dealkylation sites (tertiary alicyclic amines) is 1. The Morgan fingerprint density at radius 3 is 3.00 bits per heavy atom. The van der Waals surface area contributed by atoms with Gasteiger partial charge in [0.2, 0.25) is 0 Å². The van der Waals surface area contributed by atoms with Crippen LogP contribution in [0.15, 0.2) is 43.0 Å². The van der Waals surface area contributed by atoms with Gasteiger partial charge in [-0.3, -0.25) is 0 Å². The summed E-state index contributed by atoms with van der Waals surface area (Å²) >= 11 is 0. The van der Waals surface area contributed by atoms with Crippen LogP contribution in [-0.4, -0.2) is 33.1 Å². The molecular weight excluding hydrogens is 300 g/mol. The molecule has 0 bridgehead atoms. The Balaban J connectivity index is 1.57. The Bertz CT molecular complexity index is 653. The summed E-state index contributed by atoms with van der Waals surface area (Å²) in [5.41, 5.74) is 2.34. The first-order valence-electron chi connectivity index (χ1n) is 8.84. The van der Waals surface area contributed by atoms with Gasteiger partial charge in [-0.25, -0.2) is 9.78 Å². The van der Waals surface area contributed by atoms with Gasteiger partial charge in [0.05, 0.1) is 6.33 Å². The van der Waals surface area contributed by atoms with Gasteiger partial charge in [-0.05, 0) is 36.8 Å². The molecule has 1 atom stereocenters. The third-order valence-electron chi connectivity index (χ3n) is 4.72. The van der Waals surface area contributed by atoms with Crippen LogP contribution in [0.5, 0.6) is 0 Å². The zero-order chi connectivity index (χ0) is 16.8. The number of carbonyl (C=O) groups excluding carboxylic acids is 1. The van der Waals surface area contributed by atoms with Crippen molar-refractivity contribution in [1.82, 2.24) is 19.8 Å². The van der Waals surface area contributed by atoms with Gasteiger partial charge in [0.15, 0.2) is 0 Å². The highest BCUT2D eigenvalue weighted by Crippen LogP contribution is 2.19. The van der Waals surface area contributed by atoms with Gasteiger partial charge in [-0.2, -0.15) is 0 Å². The number of carbonyl (C=O) groups is 1. The first kappa shape index (κ1) is 16.6. The average molecular weight is 326 g/mol. The van der Waals surface area contributed by atoms with E-state index in [2.05, 4.69) is 35.4 Å². The number of imidazole rings is 1. The fraction of sp³-hybridized carbons (Fsp3) is 0.474. The number of nitrogens with one attached hydrogen (secondary N) is 1. The smallest absolute Gasteiger partial charge is 0.317 e. The minimum Gasteiger partial charge on any atom is -0.334 e. The van der Waals surface area contributed by atoms with Crippen LogP contribution in [0, 0.1) is 0 Å². The van der Waals surface area contributed by atoms with E-state index in [9.17, 15) is 4.79 Å². The molecule has 3 rings (SSSR count). The standard InChI is InChI=1S/C19H26N4O/c1-2-18-8-3-4-10-23(18)19(24)21-13-16-6-5-7-17(12-16)14-22-11-9-20-15-22/h5-7,9,11-12,15,18H,2-4,8,10,13-14H2,1H3,(H,21,24). The van der Waals surface area contributed by atoms with Crippen LogP contribution in [0.4, 0.5) is 4.79 Å².